The molecule has 0 saturated heterocycles. The molecule has 2 aromatic carbocycles. The Morgan fingerprint density at radius 3 is 2.59 bits per heavy atom. The van der Waals surface area contributed by atoms with E-state index >= 15 is 0 Å². The van der Waals surface area contributed by atoms with Crippen LogP contribution in [-0.4, -0.2) is 24.6 Å². The van der Waals surface area contributed by atoms with Gasteiger partial charge in [0.25, 0.3) is 0 Å². The SMILES string of the molecule is COc1cc(C2CC(=O)NC3=C2C(=O)OC3(C)C)ccc1OCc1ccccc1. The molecule has 29 heavy (non-hydrogen) atoms. The van der Waals surface area contributed by atoms with Crippen molar-refractivity contribution >= 4 is 11.9 Å². The summed E-state index contributed by atoms with van der Waals surface area (Å²) in [6, 6.07) is 15.4. The Balaban J connectivity index is 1.64. The van der Waals surface area contributed by atoms with Gasteiger partial charge in [-0.15, -0.1) is 0 Å². The Morgan fingerprint density at radius 2 is 1.86 bits per heavy atom. The second-order valence-corrected chi connectivity index (χ2v) is 7.68. The van der Waals surface area contributed by atoms with Gasteiger partial charge in [-0.3, -0.25) is 4.79 Å². The number of amides is 1. The number of carbonyl (C=O) groups excluding carboxylic acids is 2. The standard InChI is InChI=1S/C23H23NO5/c1-23(2)21-20(22(26)29-23)16(12-19(25)24-21)15-9-10-17(18(11-15)27-3)28-13-14-7-5-4-6-8-14/h4-11,16H,12-13H2,1-3H3,(H,24,25). The minimum absolute atomic E-state index is 0.136. The molecule has 1 amide bonds. The fraction of sp³-hybridized carbons (Fsp3) is 0.304. The van der Waals surface area contributed by atoms with Crippen molar-refractivity contribution < 1.29 is 23.8 Å². The molecule has 1 atom stereocenters. The van der Waals surface area contributed by atoms with E-state index in [1.807, 2.05) is 48.5 Å². The fourth-order valence-electron chi connectivity index (χ4n) is 3.82. The molecule has 1 unspecified atom stereocenters. The molecule has 6 nitrogen and oxygen atoms in total. The number of nitrogens with one attached hydrogen (secondary N) is 1. The number of benzene rings is 2. The van der Waals surface area contributed by atoms with Gasteiger partial charge in [0.05, 0.1) is 18.4 Å². The minimum Gasteiger partial charge on any atom is -0.493 e. The van der Waals surface area contributed by atoms with E-state index in [1.165, 1.54) is 0 Å². The lowest BCUT2D eigenvalue weighted by Gasteiger charge is -2.27. The van der Waals surface area contributed by atoms with Crippen LogP contribution in [0.5, 0.6) is 11.5 Å². The van der Waals surface area contributed by atoms with Gasteiger partial charge in [-0.05, 0) is 37.1 Å². The summed E-state index contributed by atoms with van der Waals surface area (Å²) in [6.07, 6.45) is 0.178. The second kappa shape index (κ2) is 7.28. The zero-order chi connectivity index (χ0) is 20.6. The lowest BCUT2D eigenvalue weighted by molar-refractivity contribution is -0.144. The third kappa shape index (κ3) is 3.58. The summed E-state index contributed by atoms with van der Waals surface area (Å²) < 4.78 is 16.9. The van der Waals surface area contributed by atoms with Crippen molar-refractivity contribution in [2.45, 2.75) is 38.4 Å². The van der Waals surface area contributed by atoms with Crippen LogP contribution in [0.1, 0.15) is 37.3 Å². The molecule has 6 heteroatoms. The highest BCUT2D eigenvalue weighted by molar-refractivity contribution is 5.99. The number of esters is 1. The van der Waals surface area contributed by atoms with Crippen LogP contribution >= 0.6 is 0 Å². The molecule has 150 valence electrons. The third-order valence-corrected chi connectivity index (χ3v) is 5.27. The molecular weight excluding hydrogens is 370 g/mol. The Bertz CT molecular complexity index is 994. The summed E-state index contributed by atoms with van der Waals surface area (Å²) in [4.78, 5) is 24.8. The van der Waals surface area contributed by atoms with Crippen molar-refractivity contribution in [3.63, 3.8) is 0 Å². The maximum atomic E-state index is 12.5. The smallest absolute Gasteiger partial charge is 0.337 e. The van der Waals surface area contributed by atoms with Crippen molar-refractivity contribution in [1.82, 2.24) is 5.32 Å². The molecule has 0 aliphatic carbocycles. The zero-order valence-electron chi connectivity index (χ0n) is 16.7. The van der Waals surface area contributed by atoms with E-state index in [1.54, 1.807) is 21.0 Å². The lowest BCUT2D eigenvalue weighted by atomic mass is 9.82. The van der Waals surface area contributed by atoms with E-state index in [-0.39, 0.29) is 18.2 Å². The highest BCUT2D eigenvalue weighted by Crippen LogP contribution is 2.44. The molecule has 0 radical (unpaired) electrons. The summed E-state index contributed by atoms with van der Waals surface area (Å²) in [5.41, 5.74) is 2.07. The first-order chi connectivity index (χ1) is 13.9. The first-order valence-corrected chi connectivity index (χ1v) is 9.51. The van der Waals surface area contributed by atoms with Crippen molar-refractivity contribution in [3.05, 3.63) is 70.9 Å². The topological polar surface area (TPSA) is 73.9 Å². The van der Waals surface area contributed by atoms with Gasteiger partial charge in [-0.2, -0.15) is 0 Å². The zero-order valence-corrected chi connectivity index (χ0v) is 16.7. The van der Waals surface area contributed by atoms with Crippen LogP contribution < -0.4 is 14.8 Å². The predicted molar refractivity (Wildman–Crippen MR) is 106 cm³/mol. The number of rotatable bonds is 5. The minimum atomic E-state index is -0.844. The summed E-state index contributed by atoms with van der Waals surface area (Å²) in [6.45, 7) is 3.96. The predicted octanol–water partition coefficient (Wildman–Crippen LogP) is 3.47. The van der Waals surface area contributed by atoms with Crippen LogP contribution in [-0.2, 0) is 20.9 Å². The van der Waals surface area contributed by atoms with Crippen molar-refractivity contribution in [3.8, 4) is 11.5 Å². The van der Waals surface area contributed by atoms with Gasteiger partial charge < -0.3 is 19.5 Å². The Kier molecular flexibility index (Phi) is 4.78. The molecule has 4 rings (SSSR count). The molecule has 2 heterocycles. The van der Waals surface area contributed by atoms with E-state index in [0.717, 1.165) is 11.1 Å². The number of cyclic esters (lactones) is 1. The van der Waals surface area contributed by atoms with Crippen LogP contribution in [0.15, 0.2) is 59.8 Å². The molecule has 0 fully saturated rings. The molecule has 0 spiro atoms. The summed E-state index contributed by atoms with van der Waals surface area (Å²) >= 11 is 0. The Labute approximate surface area is 169 Å². The number of ether oxygens (including phenoxy) is 3. The highest BCUT2D eigenvalue weighted by atomic mass is 16.6. The van der Waals surface area contributed by atoms with Crippen LogP contribution in [0, 0.1) is 0 Å². The average molecular weight is 393 g/mol. The van der Waals surface area contributed by atoms with Gasteiger partial charge in [0.15, 0.2) is 11.5 Å². The Hall–Kier alpha value is -3.28. The summed E-state index contributed by atoms with van der Waals surface area (Å²) in [5, 5.41) is 2.82. The average Bonchev–Trinajstić information content (AvgIpc) is 2.94. The largest absolute Gasteiger partial charge is 0.493 e. The van der Waals surface area contributed by atoms with E-state index in [9.17, 15) is 9.59 Å². The maximum Gasteiger partial charge on any atom is 0.337 e. The number of methoxy groups -OCH3 is 1. The lowest BCUT2D eigenvalue weighted by Crippen LogP contribution is -2.38. The monoisotopic (exact) mass is 393 g/mol. The van der Waals surface area contributed by atoms with Crippen LogP contribution in [0.4, 0.5) is 0 Å². The van der Waals surface area contributed by atoms with Gasteiger partial charge in [0.2, 0.25) is 5.91 Å². The molecule has 0 bridgehead atoms. The van der Waals surface area contributed by atoms with Gasteiger partial charge in [-0.1, -0.05) is 36.4 Å². The molecular formula is C23H23NO5. The normalized spacial score (nSPS) is 20.0. The summed E-state index contributed by atoms with van der Waals surface area (Å²) in [7, 11) is 1.57. The van der Waals surface area contributed by atoms with Gasteiger partial charge in [0.1, 0.15) is 12.2 Å². The fourth-order valence-corrected chi connectivity index (χ4v) is 3.82. The maximum absolute atomic E-state index is 12.5. The second-order valence-electron chi connectivity index (χ2n) is 7.68. The highest BCUT2D eigenvalue weighted by Gasteiger charge is 2.47. The molecule has 2 aliphatic heterocycles. The molecule has 0 aromatic heterocycles. The van der Waals surface area contributed by atoms with Crippen LogP contribution in [0.25, 0.3) is 0 Å². The van der Waals surface area contributed by atoms with Crippen molar-refractivity contribution in [1.29, 1.82) is 0 Å². The number of hydrogen-bond acceptors (Lipinski definition) is 5. The van der Waals surface area contributed by atoms with E-state index in [4.69, 9.17) is 14.2 Å². The van der Waals surface area contributed by atoms with Crippen LogP contribution in [0.3, 0.4) is 0 Å². The quantitative estimate of drug-likeness (QED) is 0.788. The van der Waals surface area contributed by atoms with Gasteiger partial charge >= 0.3 is 5.97 Å². The Morgan fingerprint density at radius 1 is 1.10 bits per heavy atom. The summed E-state index contributed by atoms with van der Waals surface area (Å²) in [5.74, 6) is 0.244. The van der Waals surface area contributed by atoms with Gasteiger partial charge in [-0.25, -0.2) is 4.79 Å². The third-order valence-electron chi connectivity index (χ3n) is 5.27. The first-order valence-electron chi connectivity index (χ1n) is 9.51. The van der Waals surface area contributed by atoms with Gasteiger partial charge in [0, 0.05) is 12.3 Å². The molecule has 1 N–H and O–H groups in total. The number of hydrogen-bond donors (Lipinski definition) is 1. The number of carbonyl (C=O) groups is 2. The van der Waals surface area contributed by atoms with Crippen molar-refractivity contribution in [2.75, 3.05) is 7.11 Å². The van der Waals surface area contributed by atoms with E-state index < -0.39 is 11.6 Å². The van der Waals surface area contributed by atoms with E-state index in [2.05, 4.69) is 5.32 Å². The first kappa shape index (κ1) is 19.1. The molecule has 0 saturated carbocycles. The van der Waals surface area contributed by atoms with Crippen molar-refractivity contribution in [2.24, 2.45) is 0 Å². The molecule has 2 aliphatic rings. The van der Waals surface area contributed by atoms with Crippen LogP contribution in [0.2, 0.25) is 0 Å². The molecule has 2 aromatic rings. The van der Waals surface area contributed by atoms with E-state index in [0.29, 0.717) is 29.4 Å².